The van der Waals surface area contributed by atoms with Crippen LogP contribution in [0.25, 0.3) is 0 Å². The van der Waals surface area contributed by atoms with E-state index >= 15 is 0 Å². The van der Waals surface area contributed by atoms with E-state index in [2.05, 4.69) is 0 Å². The van der Waals surface area contributed by atoms with E-state index in [1.165, 1.54) is 28.4 Å². The van der Waals surface area contributed by atoms with Crippen molar-refractivity contribution in [3.8, 4) is 5.75 Å². The molecule has 2 heterocycles. The summed E-state index contributed by atoms with van der Waals surface area (Å²) in [5, 5.41) is 9.18. The van der Waals surface area contributed by atoms with E-state index in [0.29, 0.717) is 16.9 Å². The minimum absolute atomic E-state index is 0.0203. The number of carbonyl (C=O) groups is 2. The molecule has 1 unspecified atom stereocenters. The number of rotatable bonds is 5. The molecule has 1 amide bonds. The summed E-state index contributed by atoms with van der Waals surface area (Å²) >= 11 is 3.91. The van der Waals surface area contributed by atoms with Crippen LogP contribution < -0.4 is 4.74 Å². The summed E-state index contributed by atoms with van der Waals surface area (Å²) in [6.07, 6.45) is 1.26. The molecule has 0 saturated carbocycles. The standard InChI is InChI=1S/C17H21NO5S2/c19-15(18-6-7-22-10-14(18)16(20)21)11-23-13-4-2-12(3-5-13)17-24-8-1-9-25-17/h2-5,14,17H,1,6-11H2,(H,20,21). The van der Waals surface area contributed by atoms with E-state index in [4.69, 9.17) is 9.47 Å². The lowest BCUT2D eigenvalue weighted by molar-refractivity contribution is -0.159. The maximum Gasteiger partial charge on any atom is 0.328 e. The van der Waals surface area contributed by atoms with E-state index in [1.807, 2.05) is 47.8 Å². The fraction of sp³-hybridized carbons (Fsp3) is 0.529. The van der Waals surface area contributed by atoms with Crippen molar-refractivity contribution in [2.45, 2.75) is 17.0 Å². The minimum atomic E-state index is -1.06. The molecular formula is C17H21NO5S2. The summed E-state index contributed by atoms with van der Waals surface area (Å²) in [6, 6.07) is 6.86. The van der Waals surface area contributed by atoms with Gasteiger partial charge in [-0.3, -0.25) is 4.79 Å². The average Bonchev–Trinajstić information content (AvgIpc) is 2.67. The van der Waals surface area contributed by atoms with Gasteiger partial charge in [0.25, 0.3) is 5.91 Å². The number of hydrogen-bond acceptors (Lipinski definition) is 6. The van der Waals surface area contributed by atoms with Gasteiger partial charge in [-0.1, -0.05) is 12.1 Å². The van der Waals surface area contributed by atoms with Crippen LogP contribution in [0.1, 0.15) is 16.6 Å². The largest absolute Gasteiger partial charge is 0.484 e. The van der Waals surface area contributed by atoms with Gasteiger partial charge in [0.2, 0.25) is 0 Å². The number of carboxylic acids is 1. The van der Waals surface area contributed by atoms with Gasteiger partial charge < -0.3 is 19.5 Å². The van der Waals surface area contributed by atoms with E-state index < -0.39 is 12.0 Å². The molecule has 0 radical (unpaired) electrons. The molecule has 0 bridgehead atoms. The van der Waals surface area contributed by atoms with Gasteiger partial charge in [0.05, 0.1) is 17.8 Å². The Labute approximate surface area is 155 Å². The maximum absolute atomic E-state index is 12.3. The molecule has 0 aromatic heterocycles. The lowest BCUT2D eigenvalue weighted by Crippen LogP contribution is -2.53. The van der Waals surface area contributed by atoms with Crippen LogP contribution in [-0.2, 0) is 14.3 Å². The molecule has 2 aliphatic heterocycles. The third kappa shape index (κ3) is 4.83. The number of amides is 1. The van der Waals surface area contributed by atoms with E-state index in [9.17, 15) is 14.7 Å². The minimum Gasteiger partial charge on any atom is -0.484 e. The van der Waals surface area contributed by atoms with Crippen molar-refractivity contribution < 1.29 is 24.2 Å². The third-order valence-corrected chi connectivity index (χ3v) is 7.09. The number of hydrogen-bond donors (Lipinski definition) is 1. The number of benzene rings is 1. The molecular weight excluding hydrogens is 362 g/mol. The third-order valence-electron chi connectivity index (χ3n) is 4.08. The molecule has 2 aliphatic rings. The second-order valence-electron chi connectivity index (χ2n) is 5.80. The second kappa shape index (κ2) is 8.82. The maximum atomic E-state index is 12.3. The van der Waals surface area contributed by atoms with Crippen molar-refractivity contribution in [1.29, 1.82) is 0 Å². The predicted octanol–water partition coefficient (Wildman–Crippen LogP) is 2.25. The highest BCUT2D eigenvalue weighted by molar-refractivity contribution is 8.16. The van der Waals surface area contributed by atoms with Crippen LogP contribution >= 0.6 is 23.5 Å². The molecule has 0 spiro atoms. The molecule has 6 nitrogen and oxygen atoms in total. The highest BCUT2D eigenvalue weighted by atomic mass is 32.2. The number of carboxylic acid groups (broad SMARTS) is 1. The molecule has 1 atom stereocenters. The van der Waals surface area contributed by atoms with Gasteiger partial charge in [-0.25, -0.2) is 4.79 Å². The lowest BCUT2D eigenvalue weighted by atomic mass is 10.2. The first-order chi connectivity index (χ1) is 12.1. The van der Waals surface area contributed by atoms with Crippen LogP contribution in [0, 0.1) is 0 Å². The van der Waals surface area contributed by atoms with Crippen LogP contribution in [0.2, 0.25) is 0 Å². The zero-order valence-electron chi connectivity index (χ0n) is 13.8. The summed E-state index contributed by atoms with van der Waals surface area (Å²) in [7, 11) is 0. The van der Waals surface area contributed by atoms with Crippen molar-refractivity contribution in [3.63, 3.8) is 0 Å². The van der Waals surface area contributed by atoms with Gasteiger partial charge in [-0.15, -0.1) is 23.5 Å². The number of nitrogens with zero attached hydrogens (tertiary/aromatic N) is 1. The van der Waals surface area contributed by atoms with Crippen molar-refractivity contribution >= 4 is 35.4 Å². The first kappa shape index (κ1) is 18.4. The summed E-state index contributed by atoms with van der Waals surface area (Å²) in [4.78, 5) is 24.8. The molecule has 8 heteroatoms. The molecule has 25 heavy (non-hydrogen) atoms. The number of thioether (sulfide) groups is 2. The van der Waals surface area contributed by atoms with Gasteiger partial charge in [0.1, 0.15) is 5.75 Å². The Bertz CT molecular complexity index is 604. The van der Waals surface area contributed by atoms with Crippen molar-refractivity contribution in [3.05, 3.63) is 29.8 Å². The van der Waals surface area contributed by atoms with Crippen molar-refractivity contribution in [2.75, 3.05) is 37.9 Å². The number of carbonyl (C=O) groups excluding carboxylic acids is 1. The summed E-state index contributed by atoms with van der Waals surface area (Å²) in [5.74, 6) is 1.60. The smallest absolute Gasteiger partial charge is 0.328 e. The highest BCUT2D eigenvalue weighted by Gasteiger charge is 2.32. The molecule has 3 rings (SSSR count). The Kier molecular flexibility index (Phi) is 6.50. The van der Waals surface area contributed by atoms with Gasteiger partial charge in [-0.2, -0.15) is 0 Å². The van der Waals surface area contributed by atoms with Crippen LogP contribution in [-0.4, -0.2) is 65.8 Å². The number of morpholine rings is 1. The zero-order chi connectivity index (χ0) is 17.6. The summed E-state index contributed by atoms with van der Waals surface area (Å²) < 4.78 is 11.2. The molecule has 0 aliphatic carbocycles. The van der Waals surface area contributed by atoms with Crippen LogP contribution in [0.3, 0.4) is 0 Å². The van der Waals surface area contributed by atoms with Gasteiger partial charge in [0, 0.05) is 6.54 Å². The summed E-state index contributed by atoms with van der Waals surface area (Å²) in [5.41, 5.74) is 1.26. The Morgan fingerprint density at radius 3 is 2.64 bits per heavy atom. The van der Waals surface area contributed by atoms with Crippen LogP contribution in [0.5, 0.6) is 5.75 Å². The van der Waals surface area contributed by atoms with Gasteiger partial charge in [0.15, 0.2) is 12.6 Å². The van der Waals surface area contributed by atoms with Crippen LogP contribution in [0.15, 0.2) is 24.3 Å². The first-order valence-electron chi connectivity index (χ1n) is 8.21. The highest BCUT2D eigenvalue weighted by Crippen LogP contribution is 2.43. The quantitative estimate of drug-likeness (QED) is 0.836. The SMILES string of the molecule is O=C(O)C1COCCN1C(=O)COc1ccc(C2SCCCS2)cc1. The number of ether oxygens (including phenoxy) is 2. The topological polar surface area (TPSA) is 76.1 Å². The van der Waals surface area contributed by atoms with E-state index in [-0.39, 0.29) is 25.7 Å². The Morgan fingerprint density at radius 2 is 1.96 bits per heavy atom. The fourth-order valence-electron chi connectivity index (χ4n) is 2.74. The molecule has 1 N–H and O–H groups in total. The fourth-order valence-corrected chi connectivity index (χ4v) is 5.63. The lowest BCUT2D eigenvalue weighted by Gasteiger charge is -2.32. The van der Waals surface area contributed by atoms with Gasteiger partial charge in [-0.05, 0) is 35.6 Å². The molecule has 1 aromatic rings. The van der Waals surface area contributed by atoms with E-state index in [1.54, 1.807) is 0 Å². The Hall–Kier alpha value is -1.38. The Morgan fingerprint density at radius 1 is 1.24 bits per heavy atom. The van der Waals surface area contributed by atoms with Crippen LogP contribution in [0.4, 0.5) is 0 Å². The number of aliphatic carboxylic acids is 1. The second-order valence-corrected chi connectivity index (χ2v) is 8.53. The van der Waals surface area contributed by atoms with E-state index in [0.717, 1.165) is 0 Å². The molecule has 1 aromatic carbocycles. The Balaban J connectivity index is 1.53. The van der Waals surface area contributed by atoms with Crippen molar-refractivity contribution in [1.82, 2.24) is 4.90 Å². The monoisotopic (exact) mass is 383 g/mol. The zero-order valence-corrected chi connectivity index (χ0v) is 15.4. The predicted molar refractivity (Wildman–Crippen MR) is 98.2 cm³/mol. The molecule has 2 fully saturated rings. The molecule has 2 saturated heterocycles. The van der Waals surface area contributed by atoms with Crippen molar-refractivity contribution in [2.24, 2.45) is 0 Å². The normalized spacial score (nSPS) is 21.8. The first-order valence-corrected chi connectivity index (χ1v) is 10.3. The summed E-state index contributed by atoms with van der Waals surface area (Å²) in [6.45, 7) is 0.470. The van der Waals surface area contributed by atoms with Gasteiger partial charge >= 0.3 is 5.97 Å². The average molecular weight is 383 g/mol. The molecule has 136 valence electrons.